The molecule has 2 rings (SSSR count). The van der Waals surface area contributed by atoms with E-state index in [4.69, 9.17) is 11.6 Å². The quantitative estimate of drug-likeness (QED) is 0.753. The van der Waals surface area contributed by atoms with Crippen molar-refractivity contribution in [2.45, 2.75) is 12.5 Å². The molecule has 1 aliphatic rings. The summed E-state index contributed by atoms with van der Waals surface area (Å²) in [5, 5.41) is 13.5. The van der Waals surface area contributed by atoms with Crippen molar-refractivity contribution < 1.29 is 5.11 Å². The van der Waals surface area contributed by atoms with Gasteiger partial charge < -0.3 is 10.4 Å². The smallest absolute Gasteiger partial charge is 0.0827 e. The van der Waals surface area contributed by atoms with Crippen molar-refractivity contribution in [2.75, 3.05) is 11.9 Å². The number of hydrogen-bond acceptors (Lipinski definition) is 2. The van der Waals surface area contributed by atoms with Crippen molar-refractivity contribution in [1.29, 1.82) is 0 Å². The molecule has 1 aromatic carbocycles. The second-order valence-corrected chi connectivity index (χ2v) is 4.41. The minimum atomic E-state index is -0.397. The molecule has 1 atom stereocenters. The van der Waals surface area contributed by atoms with Gasteiger partial charge in [0.25, 0.3) is 0 Å². The van der Waals surface area contributed by atoms with Gasteiger partial charge in [0.1, 0.15) is 0 Å². The van der Waals surface area contributed by atoms with Crippen molar-refractivity contribution in [3.63, 3.8) is 0 Å². The number of halogens is 2. The van der Waals surface area contributed by atoms with Crippen LogP contribution < -0.4 is 5.32 Å². The maximum absolute atomic E-state index is 9.69. The summed E-state index contributed by atoms with van der Waals surface area (Å²) in [6.07, 6.45) is 0.339. The lowest BCUT2D eigenvalue weighted by molar-refractivity contribution is 0.168. The first-order valence-electron chi connectivity index (χ1n) is 4.09. The molecule has 4 heteroatoms. The molecular weight excluding hydrogens is 253 g/mol. The monoisotopic (exact) mass is 261 g/mol. The number of anilines is 1. The number of fused-ring (bicyclic) bond motifs is 1. The Bertz CT molecular complexity index is 343. The third-order valence-corrected chi connectivity index (χ3v) is 2.92. The van der Waals surface area contributed by atoms with Crippen molar-refractivity contribution in [3.05, 3.63) is 27.2 Å². The predicted octanol–water partition coefficient (Wildman–Crippen LogP) is 2.95. The van der Waals surface area contributed by atoms with Crippen molar-refractivity contribution in [3.8, 4) is 0 Å². The summed E-state index contributed by atoms with van der Waals surface area (Å²) >= 11 is 9.35. The van der Waals surface area contributed by atoms with Crippen molar-refractivity contribution in [1.82, 2.24) is 0 Å². The summed E-state index contributed by atoms with van der Waals surface area (Å²) in [6.45, 7) is 0.773. The fourth-order valence-corrected chi connectivity index (χ4v) is 2.43. The number of aliphatic hydroxyl groups is 1. The molecule has 0 bridgehead atoms. The molecule has 0 saturated heterocycles. The van der Waals surface area contributed by atoms with E-state index >= 15 is 0 Å². The first-order valence-corrected chi connectivity index (χ1v) is 5.26. The first kappa shape index (κ1) is 9.31. The van der Waals surface area contributed by atoms with E-state index in [1.54, 1.807) is 0 Å². The molecule has 0 aliphatic carbocycles. The molecule has 2 nitrogen and oxygen atoms in total. The molecule has 0 spiro atoms. The Morgan fingerprint density at radius 2 is 2.31 bits per heavy atom. The molecule has 1 heterocycles. The highest BCUT2D eigenvalue weighted by Crippen LogP contribution is 2.37. The Hall–Kier alpha value is -0.250. The van der Waals surface area contributed by atoms with Gasteiger partial charge in [0, 0.05) is 16.6 Å². The van der Waals surface area contributed by atoms with Crippen LogP contribution in [0.4, 0.5) is 5.69 Å². The van der Waals surface area contributed by atoms with Gasteiger partial charge in [-0.05, 0) is 18.6 Å². The van der Waals surface area contributed by atoms with Crippen LogP contribution in [0.15, 0.2) is 16.6 Å². The zero-order valence-corrected chi connectivity index (χ0v) is 9.19. The predicted molar refractivity (Wildman–Crippen MR) is 57.2 cm³/mol. The summed E-state index contributed by atoms with van der Waals surface area (Å²) in [7, 11) is 0. The summed E-state index contributed by atoms with van der Waals surface area (Å²) in [5.41, 5.74) is 1.74. The van der Waals surface area contributed by atoms with Gasteiger partial charge in [-0.15, -0.1) is 0 Å². The Balaban J connectivity index is 2.56. The molecule has 13 heavy (non-hydrogen) atoms. The molecule has 0 fully saturated rings. The second kappa shape index (κ2) is 3.48. The average Bonchev–Trinajstić information content (AvgIpc) is 2.07. The maximum atomic E-state index is 9.69. The highest BCUT2D eigenvalue weighted by atomic mass is 79.9. The Morgan fingerprint density at radius 1 is 1.54 bits per heavy atom. The largest absolute Gasteiger partial charge is 0.388 e. The lowest BCUT2D eigenvalue weighted by atomic mass is 10.0. The van der Waals surface area contributed by atoms with Gasteiger partial charge in [-0.3, -0.25) is 0 Å². The summed E-state index contributed by atoms with van der Waals surface area (Å²) < 4.78 is 0.902. The van der Waals surface area contributed by atoms with Gasteiger partial charge in [-0.25, -0.2) is 0 Å². The van der Waals surface area contributed by atoms with E-state index in [9.17, 15) is 5.11 Å². The SMILES string of the molecule is OC1CCNc2c(Cl)cc(Br)cc21. The van der Waals surface area contributed by atoms with E-state index < -0.39 is 6.10 Å². The van der Waals surface area contributed by atoms with Gasteiger partial charge in [0.05, 0.1) is 16.8 Å². The van der Waals surface area contributed by atoms with Crippen LogP contribution in [-0.4, -0.2) is 11.7 Å². The zero-order chi connectivity index (χ0) is 9.42. The van der Waals surface area contributed by atoms with E-state index in [-0.39, 0.29) is 0 Å². The molecule has 0 aromatic heterocycles. The normalized spacial score (nSPS) is 20.7. The second-order valence-electron chi connectivity index (χ2n) is 3.08. The molecule has 1 aliphatic heterocycles. The summed E-state index contributed by atoms with van der Waals surface area (Å²) in [6, 6.07) is 3.73. The van der Waals surface area contributed by atoms with Gasteiger partial charge in [0.15, 0.2) is 0 Å². The minimum Gasteiger partial charge on any atom is -0.388 e. The molecule has 2 N–H and O–H groups in total. The summed E-state index contributed by atoms with van der Waals surface area (Å²) in [4.78, 5) is 0. The van der Waals surface area contributed by atoms with Crippen LogP contribution in [0, 0.1) is 0 Å². The molecular formula is C9H9BrClNO. The first-order chi connectivity index (χ1) is 6.18. The highest BCUT2D eigenvalue weighted by Gasteiger charge is 2.20. The minimum absolute atomic E-state index is 0.397. The van der Waals surface area contributed by atoms with E-state index in [0.29, 0.717) is 5.02 Å². The zero-order valence-electron chi connectivity index (χ0n) is 6.85. The van der Waals surface area contributed by atoms with E-state index in [0.717, 1.165) is 28.7 Å². The van der Waals surface area contributed by atoms with Gasteiger partial charge in [-0.1, -0.05) is 27.5 Å². The van der Waals surface area contributed by atoms with Crippen molar-refractivity contribution in [2.24, 2.45) is 0 Å². The molecule has 0 saturated carbocycles. The average molecular weight is 263 g/mol. The standard InChI is InChI=1S/C9H9BrClNO/c10-5-3-6-8(13)1-2-12-9(6)7(11)4-5/h3-4,8,12-13H,1-2H2. The molecule has 70 valence electrons. The number of hydrogen-bond donors (Lipinski definition) is 2. The Kier molecular flexibility index (Phi) is 2.49. The third-order valence-electron chi connectivity index (χ3n) is 2.16. The van der Waals surface area contributed by atoms with Crippen LogP contribution in [-0.2, 0) is 0 Å². The number of aliphatic hydroxyl groups excluding tert-OH is 1. The van der Waals surface area contributed by atoms with Crippen LogP contribution in [0.1, 0.15) is 18.1 Å². The van der Waals surface area contributed by atoms with Crippen LogP contribution in [0.2, 0.25) is 5.02 Å². The van der Waals surface area contributed by atoms with Crippen LogP contribution in [0.3, 0.4) is 0 Å². The fraction of sp³-hybridized carbons (Fsp3) is 0.333. The topological polar surface area (TPSA) is 32.3 Å². The molecule has 1 unspecified atom stereocenters. The van der Waals surface area contributed by atoms with Crippen molar-refractivity contribution >= 4 is 33.2 Å². The Labute approximate surface area is 90.0 Å². The Morgan fingerprint density at radius 3 is 3.08 bits per heavy atom. The lowest BCUT2D eigenvalue weighted by Gasteiger charge is -2.24. The summed E-state index contributed by atoms with van der Waals surface area (Å²) in [5.74, 6) is 0. The molecule has 0 radical (unpaired) electrons. The lowest BCUT2D eigenvalue weighted by Crippen LogP contribution is -2.16. The fourth-order valence-electron chi connectivity index (χ4n) is 1.53. The molecule has 1 aromatic rings. The van der Waals surface area contributed by atoms with Crippen LogP contribution >= 0.6 is 27.5 Å². The van der Waals surface area contributed by atoms with E-state index in [1.807, 2.05) is 12.1 Å². The van der Waals surface area contributed by atoms with E-state index in [1.165, 1.54) is 0 Å². The van der Waals surface area contributed by atoms with Gasteiger partial charge in [0.2, 0.25) is 0 Å². The molecule has 0 amide bonds. The van der Waals surface area contributed by atoms with Crippen LogP contribution in [0.5, 0.6) is 0 Å². The highest BCUT2D eigenvalue weighted by molar-refractivity contribution is 9.10. The van der Waals surface area contributed by atoms with Gasteiger partial charge in [-0.2, -0.15) is 0 Å². The van der Waals surface area contributed by atoms with Gasteiger partial charge >= 0.3 is 0 Å². The number of rotatable bonds is 0. The number of nitrogens with one attached hydrogen (secondary N) is 1. The van der Waals surface area contributed by atoms with E-state index in [2.05, 4.69) is 21.2 Å². The maximum Gasteiger partial charge on any atom is 0.0827 e. The van der Waals surface area contributed by atoms with Crippen LogP contribution in [0.25, 0.3) is 0 Å². The number of benzene rings is 1. The third kappa shape index (κ3) is 1.68.